The fourth-order valence-electron chi connectivity index (χ4n) is 3.11. The molecule has 0 radical (unpaired) electrons. The molecule has 0 saturated heterocycles. The van der Waals surface area contributed by atoms with Crippen LogP contribution in [0.15, 0.2) is 34.7 Å². The molecule has 2 heterocycles. The second kappa shape index (κ2) is 8.58. The Bertz CT molecular complexity index is 1330. The zero-order chi connectivity index (χ0) is 23.8. The number of hydrogen-bond donors (Lipinski definition) is 2. The SMILES string of the molecule is COCCNC(=O)c1cc2nc(Nc3nc4ccc(OC(F)(F)F)cc4o3)n(C)c2cc1F. The molecule has 2 aromatic carbocycles. The molecule has 9 nitrogen and oxygen atoms in total. The molecule has 33 heavy (non-hydrogen) atoms. The second-order valence-electron chi connectivity index (χ2n) is 6.89. The number of anilines is 2. The summed E-state index contributed by atoms with van der Waals surface area (Å²) in [5.74, 6) is -1.58. The first-order valence-corrected chi connectivity index (χ1v) is 9.51. The third kappa shape index (κ3) is 4.82. The average Bonchev–Trinajstić information content (AvgIpc) is 3.26. The molecule has 0 spiro atoms. The Morgan fingerprint density at radius 2 is 1.97 bits per heavy atom. The van der Waals surface area contributed by atoms with Crippen molar-refractivity contribution in [2.45, 2.75) is 6.36 Å². The first-order chi connectivity index (χ1) is 15.6. The Hall–Kier alpha value is -3.87. The number of hydrogen-bond acceptors (Lipinski definition) is 7. The van der Waals surface area contributed by atoms with E-state index in [1.807, 2.05) is 0 Å². The van der Waals surface area contributed by atoms with Gasteiger partial charge >= 0.3 is 12.4 Å². The number of carbonyl (C=O) groups is 1. The van der Waals surface area contributed by atoms with E-state index >= 15 is 0 Å². The minimum Gasteiger partial charge on any atom is -0.423 e. The number of halogens is 4. The minimum atomic E-state index is -4.84. The summed E-state index contributed by atoms with van der Waals surface area (Å²) in [6.45, 7) is 0.497. The highest BCUT2D eigenvalue weighted by Gasteiger charge is 2.31. The van der Waals surface area contributed by atoms with E-state index in [9.17, 15) is 22.4 Å². The number of nitrogens with one attached hydrogen (secondary N) is 2. The molecule has 0 saturated carbocycles. The number of aryl methyl sites for hydroxylation is 1. The van der Waals surface area contributed by atoms with Crippen LogP contribution >= 0.6 is 0 Å². The van der Waals surface area contributed by atoms with E-state index in [1.54, 1.807) is 7.05 Å². The largest absolute Gasteiger partial charge is 0.573 e. The lowest BCUT2D eigenvalue weighted by Gasteiger charge is -2.07. The Balaban J connectivity index is 1.60. The zero-order valence-electron chi connectivity index (χ0n) is 17.3. The molecule has 0 aliphatic heterocycles. The Morgan fingerprint density at radius 3 is 2.70 bits per heavy atom. The summed E-state index contributed by atoms with van der Waals surface area (Å²) in [6.07, 6.45) is -4.84. The summed E-state index contributed by atoms with van der Waals surface area (Å²) in [4.78, 5) is 20.7. The smallest absolute Gasteiger partial charge is 0.423 e. The number of benzene rings is 2. The first-order valence-electron chi connectivity index (χ1n) is 9.51. The fraction of sp³-hybridized carbons (Fsp3) is 0.250. The lowest BCUT2D eigenvalue weighted by atomic mass is 10.1. The molecule has 0 bridgehead atoms. The van der Waals surface area contributed by atoms with Gasteiger partial charge in [-0.05, 0) is 18.2 Å². The maximum absolute atomic E-state index is 14.5. The molecule has 0 aliphatic carbocycles. The Morgan fingerprint density at radius 1 is 1.18 bits per heavy atom. The molecular weight excluding hydrogens is 450 g/mol. The van der Waals surface area contributed by atoms with Crippen LogP contribution in [0, 0.1) is 5.82 Å². The summed E-state index contributed by atoms with van der Waals surface area (Å²) in [5, 5.41) is 5.34. The summed E-state index contributed by atoms with van der Waals surface area (Å²) >= 11 is 0. The van der Waals surface area contributed by atoms with Crippen molar-refractivity contribution in [3.05, 3.63) is 41.7 Å². The lowest BCUT2D eigenvalue weighted by molar-refractivity contribution is -0.274. The van der Waals surface area contributed by atoms with Crippen LogP contribution in [-0.2, 0) is 11.8 Å². The van der Waals surface area contributed by atoms with Crippen molar-refractivity contribution in [2.24, 2.45) is 7.05 Å². The van der Waals surface area contributed by atoms with Gasteiger partial charge in [0.25, 0.3) is 5.91 Å². The molecule has 2 aromatic heterocycles. The number of alkyl halides is 3. The van der Waals surface area contributed by atoms with Gasteiger partial charge in [-0.2, -0.15) is 4.98 Å². The number of aromatic nitrogens is 3. The zero-order valence-corrected chi connectivity index (χ0v) is 17.3. The van der Waals surface area contributed by atoms with Crippen LogP contribution < -0.4 is 15.4 Å². The highest BCUT2D eigenvalue weighted by molar-refractivity contribution is 5.98. The molecule has 0 unspecified atom stereocenters. The number of carbonyl (C=O) groups excluding carboxylic acids is 1. The van der Waals surface area contributed by atoms with Crippen LogP contribution in [-0.4, -0.2) is 47.1 Å². The molecule has 13 heteroatoms. The van der Waals surface area contributed by atoms with Crippen molar-refractivity contribution in [1.29, 1.82) is 0 Å². The van der Waals surface area contributed by atoms with Gasteiger partial charge in [0.1, 0.15) is 17.1 Å². The number of imidazole rings is 1. The van der Waals surface area contributed by atoms with E-state index in [4.69, 9.17) is 9.15 Å². The van der Waals surface area contributed by atoms with Crippen molar-refractivity contribution in [1.82, 2.24) is 19.9 Å². The molecule has 0 atom stereocenters. The van der Waals surface area contributed by atoms with Gasteiger partial charge in [0, 0.05) is 32.8 Å². The Labute approximate surface area is 183 Å². The lowest BCUT2D eigenvalue weighted by Crippen LogP contribution is -2.27. The van der Waals surface area contributed by atoms with E-state index in [-0.39, 0.29) is 41.8 Å². The van der Waals surface area contributed by atoms with Gasteiger partial charge in [-0.15, -0.1) is 13.2 Å². The fourth-order valence-corrected chi connectivity index (χ4v) is 3.11. The maximum atomic E-state index is 14.5. The van der Waals surface area contributed by atoms with Crippen LogP contribution in [0.5, 0.6) is 5.75 Å². The van der Waals surface area contributed by atoms with Crippen LogP contribution in [0.2, 0.25) is 0 Å². The molecule has 174 valence electrons. The average molecular weight is 467 g/mol. The normalized spacial score (nSPS) is 11.8. The number of amides is 1. The van der Waals surface area contributed by atoms with E-state index < -0.39 is 23.8 Å². The Kier molecular flexibility index (Phi) is 5.80. The van der Waals surface area contributed by atoms with E-state index in [2.05, 4.69) is 25.3 Å². The molecule has 0 fully saturated rings. The van der Waals surface area contributed by atoms with E-state index in [0.717, 1.165) is 12.1 Å². The van der Waals surface area contributed by atoms with Crippen LogP contribution in [0.25, 0.3) is 22.1 Å². The monoisotopic (exact) mass is 467 g/mol. The van der Waals surface area contributed by atoms with Gasteiger partial charge in [-0.3, -0.25) is 10.1 Å². The summed E-state index contributed by atoms with van der Waals surface area (Å²) in [7, 11) is 3.08. The van der Waals surface area contributed by atoms with Gasteiger partial charge in [-0.1, -0.05) is 0 Å². The van der Waals surface area contributed by atoms with Gasteiger partial charge < -0.3 is 23.8 Å². The number of oxazole rings is 1. The number of ether oxygens (including phenoxy) is 2. The summed E-state index contributed by atoms with van der Waals surface area (Å²) in [5.41, 5.74) is 0.879. The predicted octanol–water partition coefficient (Wildman–Crippen LogP) is 3.87. The highest BCUT2D eigenvalue weighted by Crippen LogP contribution is 2.30. The third-order valence-corrected chi connectivity index (χ3v) is 4.62. The van der Waals surface area contributed by atoms with Gasteiger partial charge in [-0.25, -0.2) is 9.37 Å². The summed E-state index contributed by atoms with van der Waals surface area (Å²) < 4.78 is 67.4. The van der Waals surface area contributed by atoms with Gasteiger partial charge in [0.15, 0.2) is 5.58 Å². The van der Waals surface area contributed by atoms with Crippen molar-refractivity contribution < 1.29 is 36.2 Å². The molecule has 4 aromatic rings. The van der Waals surface area contributed by atoms with Crippen LogP contribution in [0.4, 0.5) is 29.5 Å². The van der Waals surface area contributed by atoms with Crippen LogP contribution in [0.1, 0.15) is 10.4 Å². The molecule has 2 N–H and O–H groups in total. The topological polar surface area (TPSA) is 103 Å². The highest BCUT2D eigenvalue weighted by atomic mass is 19.4. The molecule has 1 amide bonds. The van der Waals surface area contributed by atoms with Crippen LogP contribution in [0.3, 0.4) is 0 Å². The first kappa shape index (κ1) is 22.3. The standard InChI is InChI=1S/C20H17F4N5O4/c1-29-15-9-12(21)11(17(30)25-5-6-31-2)8-14(15)26-18(29)28-19-27-13-4-3-10(7-16(13)32-19)33-20(22,23)24/h3-4,7-9H,5-6H2,1-2H3,(H,25,30)(H,26,27,28). The number of fused-ring (bicyclic) bond motifs is 2. The molecular formula is C20H17F4N5O4. The van der Waals surface area contributed by atoms with E-state index in [0.29, 0.717) is 11.0 Å². The second-order valence-corrected chi connectivity index (χ2v) is 6.89. The molecule has 4 rings (SSSR count). The number of nitrogens with zero attached hydrogens (tertiary/aromatic N) is 3. The van der Waals surface area contributed by atoms with Gasteiger partial charge in [0.05, 0.1) is 23.2 Å². The minimum absolute atomic E-state index is 0.0504. The van der Waals surface area contributed by atoms with E-state index in [1.165, 1.54) is 29.9 Å². The number of rotatable bonds is 7. The van der Waals surface area contributed by atoms with Crippen molar-refractivity contribution in [3.8, 4) is 5.75 Å². The number of methoxy groups -OCH3 is 1. The van der Waals surface area contributed by atoms with Crippen molar-refractivity contribution in [2.75, 3.05) is 25.6 Å². The summed E-state index contributed by atoms with van der Waals surface area (Å²) in [6, 6.07) is 5.91. The molecule has 0 aliphatic rings. The van der Waals surface area contributed by atoms with Gasteiger partial charge in [0.2, 0.25) is 5.95 Å². The quantitative estimate of drug-likeness (QED) is 0.314. The van der Waals surface area contributed by atoms with Crippen molar-refractivity contribution >= 4 is 40.0 Å². The maximum Gasteiger partial charge on any atom is 0.573 e. The predicted molar refractivity (Wildman–Crippen MR) is 109 cm³/mol. The third-order valence-electron chi connectivity index (χ3n) is 4.62. The van der Waals surface area contributed by atoms with Crippen molar-refractivity contribution in [3.63, 3.8) is 0 Å².